The number of nitrogens with zero attached hydrogens (tertiary/aromatic N) is 4. The van der Waals surface area contributed by atoms with Gasteiger partial charge in [0.1, 0.15) is 22.6 Å². The van der Waals surface area contributed by atoms with E-state index in [0.717, 1.165) is 25.0 Å². The molecular formula is C24H24N6O3. The average molecular weight is 444 g/mol. The van der Waals surface area contributed by atoms with Gasteiger partial charge in [-0.15, -0.1) is 0 Å². The highest BCUT2D eigenvalue weighted by atomic mass is 16.5. The Bertz CT molecular complexity index is 1360. The van der Waals surface area contributed by atoms with Gasteiger partial charge in [0, 0.05) is 13.2 Å². The summed E-state index contributed by atoms with van der Waals surface area (Å²) in [5, 5.41) is 7.46. The lowest BCUT2D eigenvalue weighted by atomic mass is 10.2. The highest BCUT2D eigenvalue weighted by molar-refractivity contribution is 6.10. The van der Waals surface area contributed by atoms with Crippen LogP contribution in [0, 0.1) is 0 Å². The van der Waals surface area contributed by atoms with Crippen LogP contribution in [0.5, 0.6) is 5.75 Å². The van der Waals surface area contributed by atoms with Crippen molar-refractivity contribution in [3.63, 3.8) is 0 Å². The summed E-state index contributed by atoms with van der Waals surface area (Å²) in [4.78, 5) is 22.5. The summed E-state index contributed by atoms with van der Waals surface area (Å²) in [6.45, 7) is 1.14. The second-order valence-electron chi connectivity index (χ2n) is 7.82. The van der Waals surface area contributed by atoms with Crippen molar-refractivity contribution in [2.24, 2.45) is 5.10 Å². The van der Waals surface area contributed by atoms with E-state index in [1.807, 2.05) is 48.5 Å². The van der Waals surface area contributed by atoms with Gasteiger partial charge in [-0.1, -0.05) is 24.3 Å². The zero-order chi connectivity index (χ0) is 22.8. The Kier molecular flexibility index (Phi) is 5.62. The van der Waals surface area contributed by atoms with E-state index in [1.165, 1.54) is 4.68 Å². The zero-order valence-electron chi connectivity index (χ0n) is 18.2. The number of amides is 1. The second-order valence-corrected chi connectivity index (χ2v) is 7.82. The molecular weight excluding hydrogens is 420 g/mol. The molecule has 1 fully saturated rings. The van der Waals surface area contributed by atoms with E-state index in [2.05, 4.69) is 10.4 Å². The van der Waals surface area contributed by atoms with Gasteiger partial charge >= 0.3 is 0 Å². The van der Waals surface area contributed by atoms with Crippen LogP contribution in [-0.2, 0) is 4.74 Å². The van der Waals surface area contributed by atoms with Crippen LogP contribution in [-0.4, -0.2) is 53.1 Å². The molecule has 0 radical (unpaired) electrons. The normalized spacial score (nSPS) is 16.1. The first-order chi connectivity index (χ1) is 16.1. The molecule has 0 bridgehead atoms. The van der Waals surface area contributed by atoms with Gasteiger partial charge in [0.05, 0.1) is 30.5 Å². The van der Waals surface area contributed by atoms with Crippen molar-refractivity contribution in [2.45, 2.75) is 18.9 Å². The maximum atomic E-state index is 13.1. The van der Waals surface area contributed by atoms with Crippen LogP contribution >= 0.6 is 0 Å². The Labute approximate surface area is 190 Å². The maximum Gasteiger partial charge on any atom is 0.257 e. The molecule has 1 amide bonds. The van der Waals surface area contributed by atoms with Gasteiger partial charge in [-0.05, 0) is 42.7 Å². The molecule has 5 rings (SSSR count). The number of benzene rings is 2. The standard InChI is InChI=1S/C24H24N6O3/c1-32-16-7-4-6-15(12-16)13-27-30-22(25)20(24(31)26-14-17-8-5-11-33-17)21-23(30)29-19-10-3-2-9-18(19)28-21/h2-4,6-7,9-10,12-13,17H,5,8,11,14,25H2,1H3,(H,26,31)/b27-13-/t17-/m1/s1. The molecule has 3 N–H and O–H groups in total. The number of nitrogens with one attached hydrogen (secondary N) is 1. The first-order valence-corrected chi connectivity index (χ1v) is 10.8. The lowest BCUT2D eigenvalue weighted by Gasteiger charge is -2.10. The molecule has 9 nitrogen and oxygen atoms in total. The summed E-state index contributed by atoms with van der Waals surface area (Å²) >= 11 is 0. The SMILES string of the molecule is COc1cccc(/C=N\n2c(N)c(C(=O)NC[C@H]3CCCO3)c3nc4ccccc4nc32)c1. The summed E-state index contributed by atoms with van der Waals surface area (Å²) < 4.78 is 12.3. The maximum absolute atomic E-state index is 13.1. The minimum Gasteiger partial charge on any atom is -0.497 e. The van der Waals surface area contributed by atoms with Crippen LogP contribution in [0.2, 0.25) is 0 Å². The fraction of sp³-hybridized carbons (Fsp3) is 0.250. The zero-order valence-corrected chi connectivity index (χ0v) is 18.2. The van der Waals surface area contributed by atoms with Crippen molar-refractivity contribution in [2.75, 3.05) is 26.0 Å². The quantitative estimate of drug-likeness (QED) is 0.442. The van der Waals surface area contributed by atoms with Crippen molar-refractivity contribution in [1.82, 2.24) is 20.0 Å². The van der Waals surface area contributed by atoms with E-state index >= 15 is 0 Å². The number of ether oxygens (including phenoxy) is 2. The molecule has 1 saturated heterocycles. The van der Waals surface area contributed by atoms with Gasteiger partial charge in [-0.3, -0.25) is 4.79 Å². The number of hydrogen-bond acceptors (Lipinski definition) is 7. The lowest BCUT2D eigenvalue weighted by Crippen LogP contribution is -2.32. The number of methoxy groups -OCH3 is 1. The smallest absolute Gasteiger partial charge is 0.257 e. The topological polar surface area (TPSA) is 117 Å². The van der Waals surface area contributed by atoms with Crippen LogP contribution in [0.1, 0.15) is 28.8 Å². The van der Waals surface area contributed by atoms with E-state index < -0.39 is 0 Å². The predicted octanol–water partition coefficient (Wildman–Crippen LogP) is 2.97. The minimum atomic E-state index is -0.326. The number of hydrogen-bond donors (Lipinski definition) is 2. The molecule has 0 aliphatic carbocycles. The molecule has 1 aliphatic heterocycles. The van der Waals surface area contributed by atoms with Gasteiger partial charge in [-0.25, -0.2) is 9.97 Å². The van der Waals surface area contributed by atoms with Gasteiger partial charge in [0.2, 0.25) is 0 Å². The third kappa shape index (κ3) is 4.10. The third-order valence-corrected chi connectivity index (χ3v) is 5.63. The fourth-order valence-electron chi connectivity index (χ4n) is 3.93. The molecule has 0 spiro atoms. The van der Waals surface area contributed by atoms with Crippen molar-refractivity contribution in [3.8, 4) is 5.75 Å². The lowest BCUT2D eigenvalue weighted by molar-refractivity contribution is 0.0859. The highest BCUT2D eigenvalue weighted by Crippen LogP contribution is 2.28. The molecule has 3 heterocycles. The Hall–Kier alpha value is -3.98. The number of nitrogens with two attached hydrogens (primary N) is 1. The number of fused-ring (bicyclic) bond motifs is 2. The summed E-state index contributed by atoms with van der Waals surface area (Å²) in [7, 11) is 1.61. The Balaban J connectivity index is 1.58. The molecule has 9 heteroatoms. The van der Waals surface area contributed by atoms with Crippen molar-refractivity contribution in [1.29, 1.82) is 0 Å². The fourth-order valence-corrected chi connectivity index (χ4v) is 3.93. The number of carbonyl (C=O) groups is 1. The van der Waals surface area contributed by atoms with Crippen molar-refractivity contribution >= 4 is 40.1 Å². The molecule has 0 unspecified atom stereocenters. The Morgan fingerprint density at radius 3 is 2.85 bits per heavy atom. The highest BCUT2D eigenvalue weighted by Gasteiger charge is 2.25. The van der Waals surface area contributed by atoms with Crippen LogP contribution in [0.4, 0.5) is 5.82 Å². The number of anilines is 1. The van der Waals surface area contributed by atoms with E-state index in [0.29, 0.717) is 34.5 Å². The van der Waals surface area contributed by atoms with Crippen LogP contribution in [0.3, 0.4) is 0 Å². The summed E-state index contributed by atoms with van der Waals surface area (Å²) in [5.41, 5.74) is 9.67. The summed E-state index contributed by atoms with van der Waals surface area (Å²) in [6, 6.07) is 14.9. The van der Waals surface area contributed by atoms with Crippen molar-refractivity contribution in [3.05, 3.63) is 59.7 Å². The molecule has 0 saturated carbocycles. The number of rotatable bonds is 6. The monoisotopic (exact) mass is 444 g/mol. The largest absolute Gasteiger partial charge is 0.497 e. The predicted molar refractivity (Wildman–Crippen MR) is 127 cm³/mol. The van der Waals surface area contributed by atoms with E-state index in [4.69, 9.17) is 25.2 Å². The number of nitrogen functional groups attached to an aromatic ring is 1. The number of para-hydroxylation sites is 2. The molecule has 168 valence electrons. The van der Waals surface area contributed by atoms with E-state index in [9.17, 15) is 4.79 Å². The molecule has 1 atom stereocenters. The van der Waals surface area contributed by atoms with Crippen LogP contribution in [0.25, 0.3) is 22.2 Å². The van der Waals surface area contributed by atoms with Crippen molar-refractivity contribution < 1.29 is 14.3 Å². The second kappa shape index (κ2) is 8.87. The first-order valence-electron chi connectivity index (χ1n) is 10.8. The van der Waals surface area contributed by atoms with Crippen LogP contribution < -0.4 is 15.8 Å². The first kappa shape index (κ1) is 20.9. The summed E-state index contributed by atoms with van der Waals surface area (Å²) in [6.07, 6.45) is 3.58. The van der Waals surface area contributed by atoms with Gasteiger partial charge in [0.15, 0.2) is 5.65 Å². The molecule has 2 aromatic carbocycles. The average Bonchev–Trinajstić information content (AvgIpc) is 3.45. The Morgan fingerprint density at radius 1 is 1.27 bits per heavy atom. The number of carbonyl (C=O) groups excluding carboxylic acids is 1. The number of aromatic nitrogens is 3. The van der Waals surface area contributed by atoms with Crippen LogP contribution in [0.15, 0.2) is 53.6 Å². The Morgan fingerprint density at radius 2 is 2.09 bits per heavy atom. The van der Waals surface area contributed by atoms with Gasteiger partial charge < -0.3 is 20.5 Å². The van der Waals surface area contributed by atoms with E-state index in [1.54, 1.807) is 13.3 Å². The minimum absolute atomic E-state index is 0.0153. The van der Waals surface area contributed by atoms with Gasteiger partial charge in [0.25, 0.3) is 5.91 Å². The molecule has 4 aromatic rings. The summed E-state index contributed by atoms with van der Waals surface area (Å²) in [5.74, 6) is 0.557. The van der Waals surface area contributed by atoms with Gasteiger partial charge in [-0.2, -0.15) is 9.78 Å². The third-order valence-electron chi connectivity index (χ3n) is 5.63. The molecule has 2 aromatic heterocycles. The molecule has 33 heavy (non-hydrogen) atoms. The molecule has 1 aliphatic rings. The van der Waals surface area contributed by atoms with E-state index in [-0.39, 0.29) is 23.4 Å².